The zero-order valence-corrected chi connectivity index (χ0v) is 22.5. The molecule has 1 saturated heterocycles. The SMILES string of the molecule is O=C(c1ccc2nc[nH]c2c1)N1CCC2(CCCCc3ccccc3OCCN(Cc3cccnc3)C2)CC1. The fourth-order valence-electron chi connectivity index (χ4n) is 6.31. The standard InChI is InChI=1S/C32H37N5O2/c38-31(27-10-11-28-29(20-27)35-24-34-28)37-16-13-32(14-17-37)12-4-3-8-26-7-1-2-9-30(26)39-19-18-36(23-32)22-25-6-5-15-33-21-25/h1-2,5-7,9-11,15,20-21,24H,3-4,8,12-14,16-19,22-23H2,(H,34,35). The van der Waals surface area contributed by atoms with Crippen molar-refractivity contribution >= 4 is 16.9 Å². The molecule has 202 valence electrons. The van der Waals surface area contributed by atoms with Crippen molar-refractivity contribution in [1.29, 1.82) is 0 Å². The molecule has 39 heavy (non-hydrogen) atoms. The minimum Gasteiger partial charge on any atom is -0.492 e. The number of benzene rings is 2. The number of likely N-dealkylation sites (tertiary alicyclic amines) is 1. The van der Waals surface area contributed by atoms with Gasteiger partial charge >= 0.3 is 0 Å². The fourth-order valence-corrected chi connectivity index (χ4v) is 6.31. The van der Waals surface area contributed by atoms with Crippen LogP contribution in [-0.4, -0.2) is 63.4 Å². The lowest BCUT2D eigenvalue weighted by atomic mass is 9.73. The highest BCUT2D eigenvalue weighted by molar-refractivity contribution is 5.97. The number of nitrogens with zero attached hydrogens (tertiary/aromatic N) is 4. The number of aromatic amines is 1. The Morgan fingerprint density at radius 1 is 1.00 bits per heavy atom. The van der Waals surface area contributed by atoms with Crippen LogP contribution in [0, 0.1) is 5.41 Å². The van der Waals surface area contributed by atoms with Crippen LogP contribution in [0.4, 0.5) is 0 Å². The van der Waals surface area contributed by atoms with E-state index >= 15 is 0 Å². The minimum absolute atomic E-state index is 0.117. The van der Waals surface area contributed by atoms with Gasteiger partial charge in [0.15, 0.2) is 0 Å². The lowest BCUT2D eigenvalue weighted by Crippen LogP contribution is -2.48. The Morgan fingerprint density at radius 3 is 2.77 bits per heavy atom. The number of ether oxygens (including phenoxy) is 1. The number of nitrogens with one attached hydrogen (secondary N) is 1. The van der Waals surface area contributed by atoms with Gasteiger partial charge in [0.2, 0.25) is 0 Å². The van der Waals surface area contributed by atoms with Crippen molar-refractivity contribution in [2.45, 2.75) is 45.1 Å². The third-order valence-corrected chi connectivity index (χ3v) is 8.51. The van der Waals surface area contributed by atoms with Gasteiger partial charge in [-0.05, 0) is 79.0 Å². The van der Waals surface area contributed by atoms with Crippen molar-refractivity contribution in [3.05, 3.63) is 90.0 Å². The van der Waals surface area contributed by atoms with Crippen molar-refractivity contribution < 1.29 is 9.53 Å². The molecule has 7 nitrogen and oxygen atoms in total. The van der Waals surface area contributed by atoms with E-state index < -0.39 is 0 Å². The maximum Gasteiger partial charge on any atom is 0.253 e. The number of pyridine rings is 1. The van der Waals surface area contributed by atoms with Crippen molar-refractivity contribution in [3.63, 3.8) is 0 Å². The first kappa shape index (κ1) is 25.6. The molecule has 2 aliphatic rings. The largest absolute Gasteiger partial charge is 0.492 e. The van der Waals surface area contributed by atoms with Gasteiger partial charge in [0.05, 0.1) is 17.4 Å². The molecule has 1 fully saturated rings. The smallest absolute Gasteiger partial charge is 0.253 e. The third-order valence-electron chi connectivity index (χ3n) is 8.51. The maximum absolute atomic E-state index is 13.4. The quantitative estimate of drug-likeness (QED) is 0.385. The number of para-hydroxylation sites is 1. The van der Waals surface area contributed by atoms with Crippen LogP contribution in [0.2, 0.25) is 0 Å². The Bertz CT molecular complexity index is 1390. The summed E-state index contributed by atoms with van der Waals surface area (Å²) in [5.74, 6) is 1.14. The summed E-state index contributed by atoms with van der Waals surface area (Å²) in [6, 6.07) is 18.4. The lowest BCUT2D eigenvalue weighted by molar-refractivity contribution is 0.0361. The second-order valence-electron chi connectivity index (χ2n) is 11.2. The number of fused-ring (bicyclic) bond motifs is 2. The molecule has 0 bridgehead atoms. The van der Waals surface area contributed by atoms with E-state index in [1.807, 2.05) is 41.6 Å². The van der Waals surface area contributed by atoms with Gasteiger partial charge in [0.1, 0.15) is 12.4 Å². The van der Waals surface area contributed by atoms with Crippen LogP contribution in [-0.2, 0) is 13.0 Å². The highest BCUT2D eigenvalue weighted by Gasteiger charge is 2.37. The first-order valence-electron chi connectivity index (χ1n) is 14.2. The minimum atomic E-state index is 0.117. The average molecular weight is 524 g/mol. The van der Waals surface area contributed by atoms with Gasteiger partial charge in [-0.15, -0.1) is 0 Å². The van der Waals surface area contributed by atoms with Crippen LogP contribution >= 0.6 is 0 Å². The van der Waals surface area contributed by atoms with Crippen LogP contribution in [0.1, 0.15) is 53.6 Å². The number of piperidine rings is 1. The Hall–Kier alpha value is -3.71. The number of imidazole rings is 1. The molecule has 0 unspecified atom stereocenters. The van der Waals surface area contributed by atoms with Crippen LogP contribution in [0.25, 0.3) is 11.0 Å². The maximum atomic E-state index is 13.4. The zero-order valence-electron chi connectivity index (χ0n) is 22.5. The van der Waals surface area contributed by atoms with E-state index in [9.17, 15) is 4.79 Å². The molecule has 1 N–H and O–H groups in total. The van der Waals surface area contributed by atoms with Gasteiger partial charge in [-0.3, -0.25) is 14.7 Å². The first-order chi connectivity index (χ1) is 19.2. The molecule has 4 heterocycles. The van der Waals surface area contributed by atoms with Crippen LogP contribution in [0.15, 0.2) is 73.3 Å². The molecule has 4 aromatic rings. The molecule has 0 aliphatic carbocycles. The number of rotatable bonds is 3. The van der Waals surface area contributed by atoms with E-state index in [1.54, 1.807) is 6.33 Å². The van der Waals surface area contributed by atoms with Gasteiger partial charge < -0.3 is 14.6 Å². The van der Waals surface area contributed by atoms with Crippen molar-refractivity contribution in [2.24, 2.45) is 5.41 Å². The fraction of sp³-hybridized carbons (Fsp3) is 0.406. The summed E-state index contributed by atoms with van der Waals surface area (Å²) >= 11 is 0. The number of aryl methyl sites for hydroxylation is 1. The molecule has 0 radical (unpaired) electrons. The number of carbonyl (C=O) groups excluding carboxylic acids is 1. The predicted octanol–water partition coefficient (Wildman–Crippen LogP) is 5.49. The van der Waals surface area contributed by atoms with Crippen LogP contribution in [0.3, 0.4) is 0 Å². The topological polar surface area (TPSA) is 74.3 Å². The molecule has 6 rings (SSSR count). The predicted molar refractivity (Wildman–Crippen MR) is 153 cm³/mol. The molecular weight excluding hydrogens is 486 g/mol. The summed E-state index contributed by atoms with van der Waals surface area (Å²) < 4.78 is 6.31. The number of carbonyl (C=O) groups is 1. The molecule has 0 saturated carbocycles. The summed E-state index contributed by atoms with van der Waals surface area (Å²) in [5, 5.41) is 0. The summed E-state index contributed by atoms with van der Waals surface area (Å²) in [4.78, 5) is 29.8. The van der Waals surface area contributed by atoms with Crippen molar-refractivity contribution in [3.8, 4) is 5.75 Å². The van der Waals surface area contributed by atoms with E-state index in [4.69, 9.17) is 4.74 Å². The van der Waals surface area contributed by atoms with Gasteiger partial charge in [-0.2, -0.15) is 0 Å². The van der Waals surface area contributed by atoms with E-state index in [0.717, 1.165) is 80.8 Å². The molecule has 0 atom stereocenters. The average Bonchev–Trinajstić information content (AvgIpc) is 3.44. The highest BCUT2D eigenvalue weighted by Crippen LogP contribution is 2.39. The molecule has 2 aliphatic heterocycles. The molecule has 2 aromatic carbocycles. The number of hydrogen-bond donors (Lipinski definition) is 1. The van der Waals surface area contributed by atoms with Crippen molar-refractivity contribution in [1.82, 2.24) is 24.8 Å². The van der Waals surface area contributed by atoms with E-state index in [1.165, 1.54) is 24.0 Å². The monoisotopic (exact) mass is 523 g/mol. The lowest BCUT2D eigenvalue weighted by Gasteiger charge is -2.45. The first-order valence-corrected chi connectivity index (χ1v) is 14.2. The Morgan fingerprint density at radius 2 is 1.90 bits per heavy atom. The summed E-state index contributed by atoms with van der Waals surface area (Å²) in [6.07, 6.45) is 12.1. The number of amides is 1. The van der Waals surface area contributed by atoms with E-state index in [2.05, 4.69) is 50.2 Å². The Labute approximate surface area is 230 Å². The van der Waals surface area contributed by atoms with Crippen LogP contribution < -0.4 is 4.74 Å². The normalized spacial score (nSPS) is 18.6. The zero-order chi connectivity index (χ0) is 26.5. The van der Waals surface area contributed by atoms with E-state index in [-0.39, 0.29) is 11.3 Å². The summed E-state index contributed by atoms with van der Waals surface area (Å²) in [6.45, 7) is 4.97. The molecule has 7 heteroatoms. The summed E-state index contributed by atoms with van der Waals surface area (Å²) in [5.41, 5.74) is 5.24. The third kappa shape index (κ3) is 5.98. The molecular formula is C32H37N5O2. The molecule has 1 amide bonds. The second kappa shape index (κ2) is 11.6. The number of hydrogen-bond acceptors (Lipinski definition) is 5. The summed E-state index contributed by atoms with van der Waals surface area (Å²) in [7, 11) is 0. The molecule has 2 aromatic heterocycles. The number of aromatic nitrogens is 3. The van der Waals surface area contributed by atoms with E-state index in [0.29, 0.717) is 6.61 Å². The highest BCUT2D eigenvalue weighted by atomic mass is 16.5. The van der Waals surface area contributed by atoms with Gasteiger partial charge in [0.25, 0.3) is 5.91 Å². The Balaban J connectivity index is 1.19. The van der Waals surface area contributed by atoms with Gasteiger partial charge in [-0.25, -0.2) is 4.98 Å². The van der Waals surface area contributed by atoms with Gasteiger partial charge in [-0.1, -0.05) is 30.7 Å². The van der Waals surface area contributed by atoms with Crippen LogP contribution in [0.5, 0.6) is 5.75 Å². The van der Waals surface area contributed by atoms with Gasteiger partial charge in [0, 0.05) is 50.7 Å². The second-order valence-corrected chi connectivity index (χ2v) is 11.2. The molecule has 1 spiro atoms. The Kier molecular flexibility index (Phi) is 7.59. The number of H-pyrrole nitrogens is 1. The van der Waals surface area contributed by atoms with Crippen molar-refractivity contribution in [2.75, 3.05) is 32.8 Å².